The molecule has 1 unspecified atom stereocenters. The molecule has 1 atom stereocenters. The normalized spacial score (nSPS) is 12.5. The summed E-state index contributed by atoms with van der Waals surface area (Å²) < 4.78 is 26.6. The van der Waals surface area contributed by atoms with Gasteiger partial charge in [-0.2, -0.15) is 0 Å². The van der Waals surface area contributed by atoms with Gasteiger partial charge in [0.15, 0.2) is 0 Å². The van der Waals surface area contributed by atoms with E-state index < -0.39 is 17.7 Å². The first-order chi connectivity index (χ1) is 8.49. The zero-order valence-electron chi connectivity index (χ0n) is 9.62. The quantitative estimate of drug-likeness (QED) is 0.873. The third kappa shape index (κ3) is 2.52. The Morgan fingerprint density at radius 3 is 2.44 bits per heavy atom. The lowest BCUT2D eigenvalue weighted by molar-refractivity contribution is 0.215. The maximum absolute atomic E-state index is 13.6. The molecule has 0 aliphatic heterocycles. The largest absolute Gasteiger partial charge is 0.383 e. The standard InChI is InChI=1S/C14H11ClF2O/c1-8-2-5-13(17)11(6-8)14(18)10-4-3-9(16)7-12(10)15/h2-7,14,18H,1H3. The number of aliphatic hydroxyl groups excluding tert-OH is 1. The van der Waals surface area contributed by atoms with E-state index in [2.05, 4.69) is 0 Å². The first kappa shape index (κ1) is 13.0. The van der Waals surface area contributed by atoms with Gasteiger partial charge in [-0.25, -0.2) is 8.78 Å². The highest BCUT2D eigenvalue weighted by Gasteiger charge is 2.18. The molecule has 0 spiro atoms. The number of rotatable bonds is 2. The molecule has 0 aromatic heterocycles. The van der Waals surface area contributed by atoms with Gasteiger partial charge in [0.2, 0.25) is 0 Å². The zero-order chi connectivity index (χ0) is 13.3. The molecule has 0 bridgehead atoms. The first-order valence-corrected chi connectivity index (χ1v) is 5.76. The van der Waals surface area contributed by atoms with Crippen molar-refractivity contribution in [3.8, 4) is 0 Å². The van der Waals surface area contributed by atoms with E-state index in [0.717, 1.165) is 11.6 Å². The van der Waals surface area contributed by atoms with E-state index in [-0.39, 0.29) is 16.1 Å². The molecule has 2 aromatic carbocycles. The highest BCUT2D eigenvalue weighted by molar-refractivity contribution is 6.31. The summed E-state index contributed by atoms with van der Waals surface area (Å²) in [5, 5.41) is 10.2. The topological polar surface area (TPSA) is 20.2 Å². The molecule has 0 saturated heterocycles. The Balaban J connectivity index is 2.47. The molecule has 1 nitrogen and oxygen atoms in total. The number of hydrogen-bond donors (Lipinski definition) is 1. The summed E-state index contributed by atoms with van der Waals surface area (Å²) >= 11 is 5.84. The van der Waals surface area contributed by atoms with Crippen LogP contribution < -0.4 is 0 Å². The summed E-state index contributed by atoms with van der Waals surface area (Å²) in [5.41, 5.74) is 1.23. The minimum absolute atomic E-state index is 0.0726. The van der Waals surface area contributed by atoms with Gasteiger partial charge in [-0.15, -0.1) is 0 Å². The van der Waals surface area contributed by atoms with Crippen LogP contribution in [-0.2, 0) is 0 Å². The van der Waals surface area contributed by atoms with Gasteiger partial charge in [0, 0.05) is 16.1 Å². The Morgan fingerprint density at radius 2 is 1.78 bits per heavy atom. The van der Waals surface area contributed by atoms with E-state index in [0.29, 0.717) is 0 Å². The van der Waals surface area contributed by atoms with E-state index in [9.17, 15) is 13.9 Å². The fourth-order valence-electron chi connectivity index (χ4n) is 1.76. The van der Waals surface area contributed by atoms with Gasteiger partial charge in [-0.3, -0.25) is 0 Å². The van der Waals surface area contributed by atoms with E-state index in [1.165, 1.54) is 18.2 Å². The van der Waals surface area contributed by atoms with Crippen LogP contribution >= 0.6 is 11.6 Å². The molecule has 2 rings (SSSR count). The lowest BCUT2D eigenvalue weighted by Gasteiger charge is -2.14. The molecule has 0 fully saturated rings. The average Bonchev–Trinajstić information content (AvgIpc) is 2.31. The smallest absolute Gasteiger partial charge is 0.129 e. The van der Waals surface area contributed by atoms with E-state index in [1.54, 1.807) is 19.1 Å². The summed E-state index contributed by atoms with van der Waals surface area (Å²) in [6, 6.07) is 8.05. The number of aryl methyl sites for hydroxylation is 1. The molecule has 0 heterocycles. The van der Waals surface area contributed by atoms with Crippen LogP contribution in [0, 0.1) is 18.6 Å². The van der Waals surface area contributed by atoms with Crippen molar-refractivity contribution in [2.45, 2.75) is 13.0 Å². The second-order valence-corrected chi connectivity index (χ2v) is 4.50. The fourth-order valence-corrected chi connectivity index (χ4v) is 2.03. The Hall–Kier alpha value is -1.45. The van der Waals surface area contributed by atoms with Crippen LogP contribution in [0.1, 0.15) is 22.8 Å². The maximum Gasteiger partial charge on any atom is 0.129 e. The summed E-state index contributed by atoms with van der Waals surface area (Å²) in [6.07, 6.45) is -1.21. The van der Waals surface area contributed by atoms with Crippen molar-refractivity contribution in [1.82, 2.24) is 0 Å². The fraction of sp³-hybridized carbons (Fsp3) is 0.143. The van der Waals surface area contributed by atoms with Crippen LogP contribution in [-0.4, -0.2) is 5.11 Å². The van der Waals surface area contributed by atoms with Crippen LogP contribution in [0.25, 0.3) is 0 Å². The molecule has 18 heavy (non-hydrogen) atoms. The third-order valence-corrected chi connectivity index (χ3v) is 3.03. The predicted molar refractivity (Wildman–Crippen MR) is 66.6 cm³/mol. The van der Waals surface area contributed by atoms with Gasteiger partial charge >= 0.3 is 0 Å². The van der Waals surface area contributed by atoms with Gasteiger partial charge in [-0.05, 0) is 25.1 Å². The minimum atomic E-state index is -1.21. The Bertz CT molecular complexity index is 584. The number of halogens is 3. The van der Waals surface area contributed by atoms with Crippen molar-refractivity contribution in [3.05, 3.63) is 69.7 Å². The number of aliphatic hydroxyl groups is 1. The average molecular weight is 269 g/mol. The monoisotopic (exact) mass is 268 g/mol. The van der Waals surface area contributed by atoms with Gasteiger partial charge in [0.1, 0.15) is 17.7 Å². The van der Waals surface area contributed by atoms with Gasteiger partial charge in [0.05, 0.1) is 0 Å². The third-order valence-electron chi connectivity index (χ3n) is 2.70. The van der Waals surface area contributed by atoms with Crippen LogP contribution in [0.2, 0.25) is 5.02 Å². The van der Waals surface area contributed by atoms with Crippen molar-refractivity contribution >= 4 is 11.6 Å². The lowest BCUT2D eigenvalue weighted by atomic mass is 9.99. The molecule has 2 aromatic rings. The summed E-state index contributed by atoms with van der Waals surface area (Å²) in [6.45, 7) is 1.79. The Labute approximate surface area is 109 Å². The van der Waals surface area contributed by atoms with E-state index >= 15 is 0 Å². The first-order valence-electron chi connectivity index (χ1n) is 5.38. The van der Waals surface area contributed by atoms with Gasteiger partial charge in [-0.1, -0.05) is 35.4 Å². The SMILES string of the molecule is Cc1ccc(F)c(C(O)c2ccc(F)cc2Cl)c1. The van der Waals surface area contributed by atoms with Crippen molar-refractivity contribution in [3.63, 3.8) is 0 Å². The molecule has 1 N–H and O–H groups in total. The van der Waals surface area contributed by atoms with Gasteiger partial charge in [0.25, 0.3) is 0 Å². The predicted octanol–water partition coefficient (Wildman–Crippen LogP) is 4.01. The molecule has 0 amide bonds. The Morgan fingerprint density at radius 1 is 1.06 bits per heavy atom. The number of benzene rings is 2. The van der Waals surface area contributed by atoms with Crippen LogP contribution in [0.4, 0.5) is 8.78 Å². The van der Waals surface area contributed by atoms with Crippen LogP contribution in [0.15, 0.2) is 36.4 Å². The Kier molecular flexibility index (Phi) is 3.64. The lowest BCUT2D eigenvalue weighted by Crippen LogP contribution is -2.04. The van der Waals surface area contributed by atoms with Crippen molar-refractivity contribution in [2.24, 2.45) is 0 Å². The zero-order valence-corrected chi connectivity index (χ0v) is 10.4. The summed E-state index contributed by atoms with van der Waals surface area (Å²) in [4.78, 5) is 0. The molecular formula is C14H11ClF2O. The highest BCUT2D eigenvalue weighted by Crippen LogP contribution is 2.30. The molecule has 0 aliphatic carbocycles. The van der Waals surface area contributed by atoms with Gasteiger partial charge < -0.3 is 5.11 Å². The molecule has 94 valence electrons. The van der Waals surface area contributed by atoms with Crippen molar-refractivity contribution in [1.29, 1.82) is 0 Å². The van der Waals surface area contributed by atoms with Crippen LogP contribution in [0.3, 0.4) is 0 Å². The summed E-state index contributed by atoms with van der Waals surface area (Å²) in [7, 11) is 0. The molecule has 0 aliphatic rings. The molecule has 0 radical (unpaired) electrons. The highest BCUT2D eigenvalue weighted by atomic mass is 35.5. The second-order valence-electron chi connectivity index (χ2n) is 4.09. The molecule has 4 heteroatoms. The maximum atomic E-state index is 13.6. The van der Waals surface area contributed by atoms with Crippen molar-refractivity contribution in [2.75, 3.05) is 0 Å². The molecule has 0 saturated carbocycles. The summed E-state index contributed by atoms with van der Waals surface area (Å²) in [5.74, 6) is -1.02. The molecular weight excluding hydrogens is 258 g/mol. The van der Waals surface area contributed by atoms with Crippen LogP contribution in [0.5, 0.6) is 0 Å². The minimum Gasteiger partial charge on any atom is -0.383 e. The van der Waals surface area contributed by atoms with E-state index in [4.69, 9.17) is 11.6 Å². The number of hydrogen-bond acceptors (Lipinski definition) is 1. The second kappa shape index (κ2) is 5.04. The van der Waals surface area contributed by atoms with E-state index in [1.807, 2.05) is 0 Å². The van der Waals surface area contributed by atoms with Crippen molar-refractivity contribution < 1.29 is 13.9 Å².